The summed E-state index contributed by atoms with van der Waals surface area (Å²) in [5.74, 6) is 0.870. The highest BCUT2D eigenvalue weighted by Gasteiger charge is 2.20. The van der Waals surface area contributed by atoms with Gasteiger partial charge in [0.1, 0.15) is 28.7 Å². The minimum Gasteiger partial charge on any atom is -0.489 e. The Morgan fingerprint density at radius 1 is 1.04 bits per heavy atom. The third-order valence-electron chi connectivity index (χ3n) is 4.40. The molecule has 0 atom stereocenters. The minimum absolute atomic E-state index is 0.498. The van der Waals surface area contributed by atoms with Crippen molar-refractivity contribution >= 4 is 55.7 Å². The van der Waals surface area contributed by atoms with Gasteiger partial charge < -0.3 is 4.74 Å². The first kappa shape index (κ1) is 18.7. The lowest BCUT2D eigenvalue weighted by Gasteiger charge is -2.14. The van der Waals surface area contributed by atoms with Crippen LogP contribution in [0.3, 0.4) is 0 Å². The van der Waals surface area contributed by atoms with Gasteiger partial charge in [0.25, 0.3) is 0 Å². The van der Waals surface area contributed by atoms with E-state index in [2.05, 4.69) is 70.7 Å². The Kier molecular flexibility index (Phi) is 5.34. The quantitative estimate of drug-likeness (QED) is 0.225. The molecule has 136 valence electrons. The average Bonchev–Trinajstić information content (AvgIpc) is 2.98. The molecule has 0 aliphatic heterocycles. The van der Waals surface area contributed by atoms with E-state index < -0.39 is 0 Å². The van der Waals surface area contributed by atoms with Crippen molar-refractivity contribution < 1.29 is 4.74 Å². The van der Waals surface area contributed by atoms with Gasteiger partial charge in [-0.15, -0.1) is 11.3 Å². The van der Waals surface area contributed by atoms with E-state index in [0.717, 1.165) is 41.1 Å². The maximum absolute atomic E-state index is 6.41. The number of ether oxygens (including phenoxy) is 1. The Morgan fingerprint density at radius 2 is 1.74 bits per heavy atom. The average molecular weight is 507 g/mol. The number of nitrogens with zero attached hydrogens (tertiary/aromatic N) is 2. The van der Waals surface area contributed by atoms with Crippen LogP contribution in [-0.2, 0) is 6.61 Å². The fourth-order valence-electron chi connectivity index (χ4n) is 3.24. The van der Waals surface area contributed by atoms with Crippen molar-refractivity contribution in [1.29, 1.82) is 0 Å². The molecule has 4 rings (SSSR count). The van der Waals surface area contributed by atoms with E-state index in [1.807, 2.05) is 18.2 Å². The van der Waals surface area contributed by atoms with Crippen LogP contribution in [0, 0.1) is 16.7 Å². The Bertz CT molecular complexity index is 1100. The van der Waals surface area contributed by atoms with E-state index in [1.165, 1.54) is 11.9 Å². The van der Waals surface area contributed by atoms with E-state index in [4.69, 9.17) is 16.3 Å². The van der Waals surface area contributed by atoms with Crippen LogP contribution in [0.1, 0.15) is 16.7 Å². The number of thiophene rings is 1. The van der Waals surface area contributed by atoms with E-state index in [1.54, 1.807) is 11.3 Å². The highest BCUT2D eigenvalue weighted by atomic mass is 127. The normalized spacial score (nSPS) is 11.1. The van der Waals surface area contributed by atoms with Gasteiger partial charge in [0.05, 0.1) is 8.27 Å². The van der Waals surface area contributed by atoms with Crippen molar-refractivity contribution in [2.24, 2.45) is 0 Å². The third kappa shape index (κ3) is 3.68. The number of benzene rings is 2. The second kappa shape index (κ2) is 7.73. The Hall–Kier alpha value is -1.70. The number of aryl methyl sites for hydroxylation is 2. The maximum Gasteiger partial charge on any atom is 0.141 e. The van der Waals surface area contributed by atoms with Crippen LogP contribution in [0.25, 0.3) is 21.3 Å². The summed E-state index contributed by atoms with van der Waals surface area (Å²) < 4.78 is 7.18. The summed E-state index contributed by atoms with van der Waals surface area (Å²) in [4.78, 5) is 9.48. The predicted molar refractivity (Wildman–Crippen MR) is 121 cm³/mol. The van der Waals surface area contributed by atoms with E-state index in [-0.39, 0.29) is 0 Å². The highest BCUT2D eigenvalue weighted by molar-refractivity contribution is 14.1. The van der Waals surface area contributed by atoms with Crippen molar-refractivity contribution in [2.75, 3.05) is 0 Å². The minimum atomic E-state index is 0.498. The van der Waals surface area contributed by atoms with Gasteiger partial charge in [-0.1, -0.05) is 41.9 Å². The zero-order chi connectivity index (χ0) is 19.0. The molecular weight excluding hydrogens is 491 g/mol. The van der Waals surface area contributed by atoms with Crippen molar-refractivity contribution in [3.63, 3.8) is 0 Å². The molecule has 0 unspecified atom stereocenters. The maximum atomic E-state index is 6.41. The first-order chi connectivity index (χ1) is 13.0. The van der Waals surface area contributed by atoms with Crippen molar-refractivity contribution in [3.05, 3.63) is 73.5 Å². The molecule has 0 amide bonds. The zero-order valence-corrected chi connectivity index (χ0v) is 18.5. The lowest BCUT2D eigenvalue weighted by Crippen LogP contribution is -1.97. The summed E-state index contributed by atoms with van der Waals surface area (Å²) in [5, 5.41) is 1.43. The first-order valence-corrected chi connectivity index (χ1v) is 10.7. The summed E-state index contributed by atoms with van der Waals surface area (Å²) in [7, 11) is 0. The van der Waals surface area contributed by atoms with Gasteiger partial charge in [-0.25, -0.2) is 9.97 Å². The second-order valence-electron chi connectivity index (χ2n) is 6.30. The second-order valence-corrected chi connectivity index (χ2v) is 9.47. The molecule has 0 saturated heterocycles. The monoisotopic (exact) mass is 506 g/mol. The van der Waals surface area contributed by atoms with Gasteiger partial charge in [-0.3, -0.25) is 0 Å². The lowest BCUT2D eigenvalue weighted by molar-refractivity contribution is 0.306. The third-order valence-corrected chi connectivity index (χ3v) is 6.78. The fourth-order valence-corrected chi connectivity index (χ4v) is 5.56. The molecule has 3 nitrogen and oxygen atoms in total. The summed E-state index contributed by atoms with van der Waals surface area (Å²) in [5.41, 5.74) is 5.74. The number of hydrogen-bond donors (Lipinski definition) is 0. The standard InChI is InChI=1S/C21H16ClIN2OS/c1-12-8-15(26-10-14-6-4-3-5-7-14)9-13(2)16(12)17-18-19(22)24-11-25-21(18)27-20(17)23/h3-9,11H,10H2,1-2H3. The summed E-state index contributed by atoms with van der Waals surface area (Å²) in [6.45, 7) is 4.77. The SMILES string of the molecule is Cc1cc(OCc2ccccc2)cc(C)c1-c1c(I)sc2ncnc(Cl)c12. The summed E-state index contributed by atoms with van der Waals surface area (Å²) in [6.07, 6.45) is 1.52. The number of hydrogen-bond acceptors (Lipinski definition) is 4. The number of rotatable bonds is 4. The van der Waals surface area contributed by atoms with Crippen molar-refractivity contribution in [3.8, 4) is 16.9 Å². The molecule has 0 N–H and O–H groups in total. The van der Waals surface area contributed by atoms with Gasteiger partial charge >= 0.3 is 0 Å². The van der Waals surface area contributed by atoms with Gasteiger partial charge in [0.2, 0.25) is 0 Å². The summed E-state index contributed by atoms with van der Waals surface area (Å²) in [6, 6.07) is 14.4. The van der Waals surface area contributed by atoms with E-state index in [9.17, 15) is 0 Å². The van der Waals surface area contributed by atoms with Crippen LogP contribution in [0.4, 0.5) is 0 Å². The van der Waals surface area contributed by atoms with Crippen LogP contribution in [0.5, 0.6) is 5.75 Å². The largest absolute Gasteiger partial charge is 0.489 e. The molecule has 2 aromatic heterocycles. The topological polar surface area (TPSA) is 35.0 Å². The molecule has 6 heteroatoms. The fraction of sp³-hybridized carbons (Fsp3) is 0.143. The molecule has 2 aromatic carbocycles. The van der Waals surface area contributed by atoms with Gasteiger partial charge in [0, 0.05) is 5.56 Å². The van der Waals surface area contributed by atoms with Gasteiger partial charge in [-0.2, -0.15) is 0 Å². The predicted octanol–water partition coefficient (Wildman–Crippen LogP) is 6.81. The smallest absolute Gasteiger partial charge is 0.141 e. The lowest BCUT2D eigenvalue weighted by atomic mass is 9.96. The molecule has 27 heavy (non-hydrogen) atoms. The number of aromatic nitrogens is 2. The van der Waals surface area contributed by atoms with Crippen molar-refractivity contribution in [2.45, 2.75) is 20.5 Å². The zero-order valence-electron chi connectivity index (χ0n) is 14.8. The van der Waals surface area contributed by atoms with Crippen LogP contribution in [-0.4, -0.2) is 9.97 Å². The molecule has 0 spiro atoms. The van der Waals surface area contributed by atoms with Crippen LogP contribution < -0.4 is 4.74 Å². The Labute approximate surface area is 180 Å². The molecule has 0 aliphatic rings. The Morgan fingerprint density at radius 3 is 2.44 bits per heavy atom. The van der Waals surface area contributed by atoms with E-state index >= 15 is 0 Å². The molecule has 4 aromatic rings. The molecule has 0 fully saturated rings. The summed E-state index contributed by atoms with van der Waals surface area (Å²) >= 11 is 10.4. The van der Waals surface area contributed by atoms with Gasteiger partial charge in [0.15, 0.2) is 0 Å². The molecule has 0 bridgehead atoms. The number of halogens is 2. The van der Waals surface area contributed by atoms with E-state index in [0.29, 0.717) is 11.8 Å². The Balaban J connectivity index is 1.74. The molecule has 0 aliphatic carbocycles. The molecule has 0 radical (unpaired) electrons. The number of fused-ring (bicyclic) bond motifs is 1. The molecule has 2 heterocycles. The van der Waals surface area contributed by atoms with Crippen LogP contribution in [0.2, 0.25) is 5.15 Å². The highest BCUT2D eigenvalue weighted by Crippen LogP contribution is 2.44. The molecular formula is C21H16ClIN2OS. The van der Waals surface area contributed by atoms with Gasteiger partial charge in [-0.05, 0) is 70.8 Å². The van der Waals surface area contributed by atoms with Crippen LogP contribution in [0.15, 0.2) is 48.8 Å². The molecule has 0 saturated carbocycles. The van der Waals surface area contributed by atoms with Crippen molar-refractivity contribution in [1.82, 2.24) is 9.97 Å². The first-order valence-electron chi connectivity index (χ1n) is 8.41. The van der Waals surface area contributed by atoms with Crippen LogP contribution >= 0.6 is 45.5 Å².